The minimum atomic E-state index is 1.23. The Kier molecular flexibility index (Phi) is 18.7. The molecule has 0 fully saturated rings. The van der Waals surface area contributed by atoms with Gasteiger partial charge in [0.15, 0.2) is 0 Å². The summed E-state index contributed by atoms with van der Waals surface area (Å²) in [5.74, 6) is 0. The third-order valence-corrected chi connectivity index (χ3v) is 2.02. The Bertz CT molecular complexity index is 268. The summed E-state index contributed by atoms with van der Waals surface area (Å²) in [6, 6.07) is 0. The van der Waals surface area contributed by atoms with Crippen molar-refractivity contribution in [3.63, 3.8) is 0 Å². The molecule has 0 aliphatic carbocycles. The maximum Gasteiger partial charge on any atom is -0.0202 e. The SMILES string of the molecule is C=C/C(C)=C(C=C(C)C)/C(C)=C\C.CC.CC. The Morgan fingerprint density at radius 3 is 1.53 bits per heavy atom. The second-order valence-corrected chi connectivity index (χ2v) is 3.49. The van der Waals surface area contributed by atoms with Crippen LogP contribution in [0, 0.1) is 0 Å². The number of hydrogen-bond donors (Lipinski definition) is 0. The van der Waals surface area contributed by atoms with E-state index in [2.05, 4.69) is 53.3 Å². The van der Waals surface area contributed by atoms with Crippen molar-refractivity contribution in [1.82, 2.24) is 0 Å². The van der Waals surface area contributed by atoms with E-state index in [4.69, 9.17) is 0 Å². The van der Waals surface area contributed by atoms with Gasteiger partial charge in [-0.25, -0.2) is 0 Å². The molecule has 0 aromatic carbocycles. The smallest absolute Gasteiger partial charge is 0.0202 e. The summed E-state index contributed by atoms with van der Waals surface area (Å²) in [4.78, 5) is 0. The first kappa shape index (κ1) is 21.3. The number of rotatable bonds is 3. The highest BCUT2D eigenvalue weighted by Gasteiger charge is 1.98. The zero-order chi connectivity index (χ0) is 14.4. The summed E-state index contributed by atoms with van der Waals surface area (Å²) < 4.78 is 0. The number of hydrogen-bond acceptors (Lipinski definition) is 0. The molecule has 0 spiro atoms. The fraction of sp³-hybridized carbons (Fsp3) is 0.529. The second-order valence-electron chi connectivity index (χ2n) is 3.49. The molecule has 0 saturated heterocycles. The van der Waals surface area contributed by atoms with E-state index in [0.29, 0.717) is 0 Å². The van der Waals surface area contributed by atoms with E-state index in [9.17, 15) is 0 Å². The highest BCUT2D eigenvalue weighted by molar-refractivity contribution is 5.45. The van der Waals surface area contributed by atoms with Crippen molar-refractivity contribution in [3.05, 3.63) is 47.1 Å². The quantitative estimate of drug-likeness (QED) is 0.492. The average molecular weight is 236 g/mol. The lowest BCUT2D eigenvalue weighted by Crippen LogP contribution is -1.86. The van der Waals surface area contributed by atoms with Crippen molar-refractivity contribution in [2.45, 2.75) is 62.3 Å². The third kappa shape index (κ3) is 11.2. The summed E-state index contributed by atoms with van der Waals surface area (Å²) >= 11 is 0. The molecule has 0 nitrogen and oxygen atoms in total. The minimum absolute atomic E-state index is 1.23. The van der Waals surface area contributed by atoms with Crippen molar-refractivity contribution >= 4 is 0 Å². The Morgan fingerprint density at radius 2 is 1.29 bits per heavy atom. The predicted molar refractivity (Wildman–Crippen MR) is 84.5 cm³/mol. The lowest BCUT2D eigenvalue weighted by atomic mass is 10.00. The molecule has 0 heterocycles. The standard InChI is InChI=1S/C13H20.2C2H6/c1-7-11(5)13(9-10(3)4)12(6)8-2;2*1-2/h7-9H,1H2,2-6H3;2*1-2H3/b12-8-,13-11+;;. The van der Waals surface area contributed by atoms with Crippen LogP contribution in [0.1, 0.15) is 62.3 Å². The zero-order valence-corrected chi connectivity index (χ0v) is 13.4. The fourth-order valence-corrected chi connectivity index (χ4v) is 1.09. The van der Waals surface area contributed by atoms with Crippen molar-refractivity contribution < 1.29 is 0 Å². The first-order valence-corrected chi connectivity index (χ1v) is 6.64. The predicted octanol–water partition coefficient (Wildman–Crippen LogP) is 6.47. The molecular weight excluding hydrogens is 204 g/mol. The summed E-state index contributed by atoms with van der Waals surface area (Å²) in [6.07, 6.45) is 6.23. The molecule has 0 aliphatic heterocycles. The lowest BCUT2D eigenvalue weighted by Gasteiger charge is -2.06. The molecule has 0 aliphatic rings. The van der Waals surface area contributed by atoms with Gasteiger partial charge in [-0.05, 0) is 51.3 Å². The van der Waals surface area contributed by atoms with Crippen LogP contribution < -0.4 is 0 Å². The molecule has 0 rings (SSSR count). The maximum atomic E-state index is 3.79. The molecule has 0 unspecified atom stereocenters. The van der Waals surface area contributed by atoms with Gasteiger partial charge in [-0.3, -0.25) is 0 Å². The first-order valence-electron chi connectivity index (χ1n) is 6.64. The number of allylic oxidation sites excluding steroid dienone is 7. The van der Waals surface area contributed by atoms with E-state index in [1.54, 1.807) is 0 Å². The van der Waals surface area contributed by atoms with Crippen LogP contribution in [0.4, 0.5) is 0 Å². The molecule has 0 heteroatoms. The zero-order valence-electron chi connectivity index (χ0n) is 13.4. The van der Waals surface area contributed by atoms with Gasteiger partial charge in [-0.1, -0.05) is 58.1 Å². The highest BCUT2D eigenvalue weighted by Crippen LogP contribution is 2.18. The summed E-state index contributed by atoms with van der Waals surface area (Å²) in [7, 11) is 0. The van der Waals surface area contributed by atoms with Crippen molar-refractivity contribution in [3.8, 4) is 0 Å². The van der Waals surface area contributed by atoms with E-state index >= 15 is 0 Å². The normalized spacial score (nSPS) is 11.0. The molecule has 0 atom stereocenters. The molecule has 100 valence electrons. The van der Waals surface area contributed by atoms with Crippen LogP contribution in [0.3, 0.4) is 0 Å². The van der Waals surface area contributed by atoms with Crippen LogP contribution in [0.25, 0.3) is 0 Å². The Balaban J connectivity index is -0.000000439. The van der Waals surface area contributed by atoms with Crippen LogP contribution >= 0.6 is 0 Å². The summed E-state index contributed by atoms with van der Waals surface area (Å²) in [6.45, 7) is 22.3. The first-order chi connectivity index (χ1) is 8.02. The largest absolute Gasteiger partial charge is 0.0988 e. The topological polar surface area (TPSA) is 0 Å². The van der Waals surface area contributed by atoms with Crippen LogP contribution in [-0.4, -0.2) is 0 Å². The Labute approximate surface area is 110 Å². The molecule has 0 saturated carbocycles. The highest BCUT2D eigenvalue weighted by atomic mass is 14.0. The fourth-order valence-electron chi connectivity index (χ4n) is 1.09. The summed E-state index contributed by atoms with van der Waals surface area (Å²) in [5, 5.41) is 0. The van der Waals surface area contributed by atoms with Crippen molar-refractivity contribution in [2.24, 2.45) is 0 Å². The van der Waals surface area contributed by atoms with Gasteiger partial charge in [-0.2, -0.15) is 0 Å². The maximum absolute atomic E-state index is 3.79. The van der Waals surface area contributed by atoms with E-state index in [1.165, 1.54) is 22.3 Å². The van der Waals surface area contributed by atoms with Crippen LogP contribution in [0.15, 0.2) is 47.1 Å². The van der Waals surface area contributed by atoms with E-state index in [1.807, 2.05) is 33.8 Å². The molecular formula is C17H32. The van der Waals surface area contributed by atoms with Gasteiger partial charge in [-0.15, -0.1) is 0 Å². The third-order valence-electron chi connectivity index (χ3n) is 2.02. The molecule has 0 N–H and O–H groups in total. The Hall–Kier alpha value is -1.04. The van der Waals surface area contributed by atoms with Gasteiger partial charge in [0.1, 0.15) is 0 Å². The molecule has 0 amide bonds. The van der Waals surface area contributed by atoms with E-state index in [0.717, 1.165) is 0 Å². The molecule has 0 aromatic rings. The minimum Gasteiger partial charge on any atom is -0.0988 e. The van der Waals surface area contributed by atoms with Crippen LogP contribution in [0.5, 0.6) is 0 Å². The van der Waals surface area contributed by atoms with E-state index < -0.39 is 0 Å². The molecule has 0 aromatic heterocycles. The monoisotopic (exact) mass is 236 g/mol. The second kappa shape index (κ2) is 15.0. The van der Waals surface area contributed by atoms with Crippen LogP contribution in [-0.2, 0) is 0 Å². The average Bonchev–Trinajstić information content (AvgIpc) is 2.38. The summed E-state index contributed by atoms with van der Waals surface area (Å²) in [5.41, 5.74) is 5.14. The lowest BCUT2D eigenvalue weighted by molar-refractivity contribution is 1.29. The Morgan fingerprint density at radius 1 is 0.882 bits per heavy atom. The van der Waals surface area contributed by atoms with Gasteiger partial charge >= 0.3 is 0 Å². The molecule has 0 bridgehead atoms. The van der Waals surface area contributed by atoms with Crippen molar-refractivity contribution in [2.75, 3.05) is 0 Å². The van der Waals surface area contributed by atoms with Gasteiger partial charge in [0.25, 0.3) is 0 Å². The molecule has 0 radical (unpaired) electrons. The van der Waals surface area contributed by atoms with Gasteiger partial charge in [0.05, 0.1) is 0 Å². The van der Waals surface area contributed by atoms with Gasteiger partial charge in [0, 0.05) is 0 Å². The van der Waals surface area contributed by atoms with Gasteiger partial charge < -0.3 is 0 Å². The van der Waals surface area contributed by atoms with Crippen molar-refractivity contribution in [1.29, 1.82) is 0 Å². The van der Waals surface area contributed by atoms with Gasteiger partial charge in [0.2, 0.25) is 0 Å². The molecule has 17 heavy (non-hydrogen) atoms. The van der Waals surface area contributed by atoms with Crippen LogP contribution in [0.2, 0.25) is 0 Å². The van der Waals surface area contributed by atoms with E-state index in [-0.39, 0.29) is 0 Å².